The lowest BCUT2D eigenvalue weighted by Crippen LogP contribution is -2.43. The molecule has 0 saturated carbocycles. The van der Waals surface area contributed by atoms with Gasteiger partial charge in [-0.25, -0.2) is 9.59 Å². The molecular formula is C18H19NO4. The van der Waals surface area contributed by atoms with Gasteiger partial charge >= 0.3 is 11.9 Å². The van der Waals surface area contributed by atoms with Crippen LogP contribution in [0, 0.1) is 0 Å². The van der Waals surface area contributed by atoms with Crippen molar-refractivity contribution in [3.05, 3.63) is 71.8 Å². The monoisotopic (exact) mass is 313 g/mol. The number of ether oxygens (including phenoxy) is 2. The largest absolute Gasteiger partial charge is 0.388 e. The molecule has 0 fully saturated rings. The second-order valence-corrected chi connectivity index (χ2v) is 5.10. The molecule has 2 rings (SSSR count). The molecule has 0 aromatic heterocycles. The Labute approximate surface area is 135 Å². The molecule has 5 nitrogen and oxygen atoms in total. The minimum absolute atomic E-state index is 0.297. The van der Waals surface area contributed by atoms with E-state index in [0.29, 0.717) is 12.2 Å². The molecule has 2 atom stereocenters. The maximum atomic E-state index is 11.9. The highest BCUT2D eigenvalue weighted by atomic mass is 16.6. The van der Waals surface area contributed by atoms with Gasteiger partial charge in [0.25, 0.3) is 0 Å². The smallest absolute Gasteiger partial charge is 0.345 e. The molecule has 0 spiro atoms. The minimum atomic E-state index is -1.04. The lowest BCUT2D eigenvalue weighted by atomic mass is 10.2. The second-order valence-electron chi connectivity index (χ2n) is 5.10. The van der Waals surface area contributed by atoms with Crippen molar-refractivity contribution in [2.24, 2.45) is 5.73 Å². The van der Waals surface area contributed by atoms with E-state index < -0.39 is 24.1 Å². The molecule has 2 aromatic rings. The number of hydrogen-bond donors (Lipinski definition) is 1. The molecule has 0 amide bonds. The Morgan fingerprint density at radius 2 is 1.57 bits per heavy atom. The molecular weight excluding hydrogens is 294 g/mol. The molecule has 23 heavy (non-hydrogen) atoms. The molecule has 0 aliphatic carbocycles. The van der Waals surface area contributed by atoms with Crippen molar-refractivity contribution in [1.29, 1.82) is 0 Å². The van der Waals surface area contributed by atoms with E-state index in [4.69, 9.17) is 15.2 Å². The summed E-state index contributed by atoms with van der Waals surface area (Å²) in [5.74, 6) is -1.53. The van der Waals surface area contributed by atoms with E-state index in [9.17, 15) is 9.59 Å². The van der Waals surface area contributed by atoms with Crippen LogP contribution in [0.15, 0.2) is 60.7 Å². The van der Waals surface area contributed by atoms with E-state index in [1.807, 2.05) is 30.3 Å². The molecule has 0 aliphatic heterocycles. The molecule has 0 aliphatic rings. The molecule has 2 N–H and O–H groups in total. The van der Waals surface area contributed by atoms with Crippen LogP contribution in [0.5, 0.6) is 0 Å². The fourth-order valence-corrected chi connectivity index (χ4v) is 1.89. The number of benzene rings is 2. The van der Waals surface area contributed by atoms with Gasteiger partial charge in [0.1, 0.15) is 6.04 Å². The molecule has 0 saturated heterocycles. The van der Waals surface area contributed by atoms with Gasteiger partial charge in [-0.05, 0) is 24.6 Å². The summed E-state index contributed by atoms with van der Waals surface area (Å²) < 4.78 is 10.3. The summed E-state index contributed by atoms with van der Waals surface area (Å²) in [4.78, 5) is 23.8. The van der Waals surface area contributed by atoms with Gasteiger partial charge in [0.15, 0.2) is 0 Å². The first-order chi connectivity index (χ1) is 11.1. The van der Waals surface area contributed by atoms with Crippen LogP contribution >= 0.6 is 0 Å². The summed E-state index contributed by atoms with van der Waals surface area (Å²) in [5, 5.41) is 0. The number of nitrogens with two attached hydrogens (primary N) is 1. The summed E-state index contributed by atoms with van der Waals surface area (Å²) in [6.45, 7) is 2.00. The SMILES string of the molecule is C[C@H](OCc1ccccc1)[C@@H](N)C(=O)OC(=O)c1ccccc1. The van der Waals surface area contributed by atoms with Gasteiger partial charge in [-0.15, -0.1) is 0 Å². The molecule has 0 radical (unpaired) electrons. The highest BCUT2D eigenvalue weighted by molar-refractivity contribution is 5.98. The van der Waals surface area contributed by atoms with E-state index in [2.05, 4.69) is 0 Å². The van der Waals surface area contributed by atoms with Crippen LogP contribution in [0.25, 0.3) is 0 Å². The molecule has 120 valence electrons. The Hall–Kier alpha value is -2.50. The normalized spacial score (nSPS) is 13.1. The summed E-state index contributed by atoms with van der Waals surface area (Å²) in [5.41, 5.74) is 7.07. The molecule has 5 heteroatoms. The Bertz CT molecular complexity index is 643. The lowest BCUT2D eigenvalue weighted by molar-refractivity contribution is -0.143. The van der Waals surface area contributed by atoms with Gasteiger partial charge in [0.2, 0.25) is 0 Å². The van der Waals surface area contributed by atoms with Gasteiger partial charge in [0.05, 0.1) is 18.3 Å². The second kappa shape index (κ2) is 8.22. The van der Waals surface area contributed by atoms with Gasteiger partial charge in [-0.2, -0.15) is 0 Å². The Morgan fingerprint density at radius 1 is 1.00 bits per heavy atom. The van der Waals surface area contributed by atoms with Crippen molar-refractivity contribution in [1.82, 2.24) is 0 Å². The fraction of sp³-hybridized carbons (Fsp3) is 0.222. The zero-order chi connectivity index (χ0) is 16.7. The highest BCUT2D eigenvalue weighted by Crippen LogP contribution is 2.08. The predicted molar refractivity (Wildman–Crippen MR) is 85.5 cm³/mol. The minimum Gasteiger partial charge on any atom is -0.388 e. The maximum Gasteiger partial charge on any atom is 0.345 e. The van der Waals surface area contributed by atoms with E-state index >= 15 is 0 Å². The van der Waals surface area contributed by atoms with E-state index in [1.165, 1.54) is 0 Å². The van der Waals surface area contributed by atoms with Crippen LogP contribution in [0.1, 0.15) is 22.8 Å². The van der Waals surface area contributed by atoms with Crippen LogP contribution in [-0.4, -0.2) is 24.1 Å². The highest BCUT2D eigenvalue weighted by Gasteiger charge is 2.25. The van der Waals surface area contributed by atoms with Crippen LogP contribution in [-0.2, 0) is 20.9 Å². The topological polar surface area (TPSA) is 78.6 Å². The quantitative estimate of drug-likeness (QED) is 0.654. The Kier molecular flexibility index (Phi) is 6.02. The fourth-order valence-electron chi connectivity index (χ4n) is 1.89. The lowest BCUT2D eigenvalue weighted by Gasteiger charge is -2.18. The third-order valence-electron chi connectivity index (χ3n) is 3.34. The van der Waals surface area contributed by atoms with Crippen LogP contribution in [0.3, 0.4) is 0 Å². The average Bonchev–Trinajstić information content (AvgIpc) is 2.60. The summed E-state index contributed by atoms with van der Waals surface area (Å²) >= 11 is 0. The van der Waals surface area contributed by atoms with Crippen molar-refractivity contribution in [2.75, 3.05) is 0 Å². The summed E-state index contributed by atoms with van der Waals surface area (Å²) in [6, 6.07) is 16.8. The van der Waals surface area contributed by atoms with Gasteiger partial charge in [-0.3, -0.25) is 0 Å². The number of rotatable bonds is 6. The van der Waals surface area contributed by atoms with Crippen molar-refractivity contribution >= 4 is 11.9 Å². The third kappa shape index (κ3) is 5.02. The van der Waals surface area contributed by atoms with E-state index in [1.54, 1.807) is 37.3 Å². The summed E-state index contributed by atoms with van der Waals surface area (Å²) in [6.07, 6.45) is -0.578. The molecule has 0 bridgehead atoms. The van der Waals surface area contributed by atoms with Gasteiger partial charge < -0.3 is 15.2 Å². The van der Waals surface area contributed by atoms with E-state index in [-0.39, 0.29) is 0 Å². The van der Waals surface area contributed by atoms with Gasteiger partial charge in [0, 0.05) is 0 Å². The first kappa shape index (κ1) is 16.9. The van der Waals surface area contributed by atoms with Crippen LogP contribution in [0.4, 0.5) is 0 Å². The van der Waals surface area contributed by atoms with Crippen LogP contribution < -0.4 is 5.73 Å². The predicted octanol–water partition coefficient (Wildman–Crippen LogP) is 2.30. The van der Waals surface area contributed by atoms with E-state index in [0.717, 1.165) is 5.56 Å². The molecule has 0 heterocycles. The number of esters is 2. The third-order valence-corrected chi connectivity index (χ3v) is 3.34. The maximum absolute atomic E-state index is 11.9. The zero-order valence-electron chi connectivity index (χ0n) is 12.8. The standard InChI is InChI=1S/C18H19NO4/c1-13(22-12-14-8-4-2-5-9-14)16(19)18(21)23-17(20)15-10-6-3-7-11-15/h2-11,13,16H,12,19H2,1H3/t13-,16+/m0/s1. The number of carbonyl (C=O) groups is 2. The van der Waals surface area contributed by atoms with Gasteiger partial charge in [-0.1, -0.05) is 48.5 Å². The molecule has 2 aromatic carbocycles. The summed E-state index contributed by atoms with van der Waals surface area (Å²) in [7, 11) is 0. The first-order valence-corrected chi connectivity index (χ1v) is 7.30. The Balaban J connectivity index is 1.85. The average molecular weight is 313 g/mol. The number of carbonyl (C=O) groups excluding carboxylic acids is 2. The first-order valence-electron chi connectivity index (χ1n) is 7.30. The van der Waals surface area contributed by atoms with Crippen molar-refractivity contribution in [3.8, 4) is 0 Å². The van der Waals surface area contributed by atoms with Crippen molar-refractivity contribution in [3.63, 3.8) is 0 Å². The van der Waals surface area contributed by atoms with Crippen molar-refractivity contribution < 1.29 is 19.1 Å². The Morgan fingerprint density at radius 3 is 2.17 bits per heavy atom. The number of hydrogen-bond acceptors (Lipinski definition) is 5. The molecule has 0 unspecified atom stereocenters. The van der Waals surface area contributed by atoms with Crippen molar-refractivity contribution in [2.45, 2.75) is 25.7 Å². The van der Waals surface area contributed by atoms with Crippen LogP contribution in [0.2, 0.25) is 0 Å². The zero-order valence-corrected chi connectivity index (χ0v) is 12.8.